The van der Waals surface area contributed by atoms with E-state index in [-0.39, 0.29) is 11.8 Å². The molecule has 0 radical (unpaired) electrons. The van der Waals surface area contributed by atoms with E-state index in [4.69, 9.17) is 4.74 Å². The summed E-state index contributed by atoms with van der Waals surface area (Å²) in [5.74, 6) is 1.10. The van der Waals surface area contributed by atoms with Crippen molar-refractivity contribution in [3.8, 4) is 5.75 Å². The fourth-order valence-electron chi connectivity index (χ4n) is 2.75. The lowest BCUT2D eigenvalue weighted by atomic mass is 10.1. The van der Waals surface area contributed by atoms with Crippen molar-refractivity contribution >= 4 is 23.6 Å². The third-order valence-electron chi connectivity index (χ3n) is 4.61. The normalized spacial score (nSPS) is 10.5. The summed E-state index contributed by atoms with van der Waals surface area (Å²) in [6.07, 6.45) is 0.715. The van der Waals surface area contributed by atoms with Gasteiger partial charge in [0.2, 0.25) is 5.91 Å². The maximum Gasteiger partial charge on any atom is 0.252 e. The minimum Gasteiger partial charge on any atom is -0.493 e. The molecule has 2 rings (SSSR count). The number of nitrogens with zero attached hydrogens (tertiary/aromatic N) is 1. The van der Waals surface area contributed by atoms with Crippen molar-refractivity contribution in [3.05, 3.63) is 58.7 Å². The molecule has 2 aromatic carbocycles. The maximum absolute atomic E-state index is 12.6. The molecule has 0 fully saturated rings. The van der Waals surface area contributed by atoms with Gasteiger partial charge in [-0.1, -0.05) is 18.2 Å². The van der Waals surface area contributed by atoms with Crippen LogP contribution in [0.1, 0.15) is 33.5 Å². The first-order chi connectivity index (χ1) is 13.8. The van der Waals surface area contributed by atoms with Crippen LogP contribution in [-0.4, -0.2) is 49.7 Å². The topological polar surface area (TPSA) is 58.6 Å². The average molecular weight is 415 g/mol. The predicted molar refractivity (Wildman–Crippen MR) is 119 cm³/mol. The standard InChI is InChI=1S/C23H30N2O3S/c1-16-13-17(2)18(3)20(14-16)28-12-8-11-24-23(27)19-9-6-7-10-21(19)29-15-22(26)25(4)5/h6-7,9-10,13-14H,8,11-12,15H2,1-5H3,(H,24,27). The molecule has 0 aromatic heterocycles. The van der Waals surface area contributed by atoms with Gasteiger partial charge in [-0.2, -0.15) is 0 Å². The highest BCUT2D eigenvalue weighted by Crippen LogP contribution is 2.24. The number of nitrogens with one attached hydrogen (secondary N) is 1. The fourth-order valence-corrected chi connectivity index (χ4v) is 3.78. The van der Waals surface area contributed by atoms with Gasteiger partial charge in [0.25, 0.3) is 5.91 Å². The predicted octanol–water partition coefficient (Wildman–Crippen LogP) is 3.99. The first kappa shape index (κ1) is 22.8. The minimum absolute atomic E-state index is 0.0176. The van der Waals surface area contributed by atoms with Crippen LogP contribution in [0.2, 0.25) is 0 Å². The molecule has 1 N–H and O–H groups in total. The van der Waals surface area contributed by atoms with Crippen molar-refractivity contribution in [1.82, 2.24) is 10.2 Å². The number of thioether (sulfide) groups is 1. The van der Waals surface area contributed by atoms with Crippen LogP contribution in [0.3, 0.4) is 0 Å². The van der Waals surface area contributed by atoms with Crippen molar-refractivity contribution in [1.29, 1.82) is 0 Å². The summed E-state index contributed by atoms with van der Waals surface area (Å²) in [7, 11) is 3.45. The fraction of sp³-hybridized carbons (Fsp3) is 0.391. The lowest BCUT2D eigenvalue weighted by Crippen LogP contribution is -2.26. The van der Waals surface area contributed by atoms with Crippen molar-refractivity contribution in [2.24, 2.45) is 0 Å². The van der Waals surface area contributed by atoms with E-state index < -0.39 is 0 Å². The van der Waals surface area contributed by atoms with Gasteiger partial charge < -0.3 is 15.0 Å². The first-order valence-electron chi connectivity index (χ1n) is 9.70. The summed E-state index contributed by atoms with van der Waals surface area (Å²) in [5.41, 5.74) is 4.14. The van der Waals surface area contributed by atoms with Gasteiger partial charge in [-0.15, -0.1) is 11.8 Å². The molecule has 0 saturated heterocycles. The second kappa shape index (κ2) is 10.9. The number of hydrogen-bond donors (Lipinski definition) is 1. The van der Waals surface area contributed by atoms with Crippen LogP contribution < -0.4 is 10.1 Å². The molecule has 0 aliphatic carbocycles. The SMILES string of the molecule is Cc1cc(C)c(C)c(OCCCNC(=O)c2ccccc2SCC(=O)N(C)C)c1. The number of aryl methyl sites for hydroxylation is 2. The van der Waals surface area contributed by atoms with Crippen molar-refractivity contribution in [3.63, 3.8) is 0 Å². The summed E-state index contributed by atoms with van der Waals surface area (Å²) in [4.78, 5) is 26.7. The van der Waals surface area contributed by atoms with E-state index in [0.29, 0.717) is 30.9 Å². The molecule has 0 bridgehead atoms. The Morgan fingerprint density at radius 2 is 1.83 bits per heavy atom. The average Bonchev–Trinajstić information content (AvgIpc) is 2.69. The molecule has 0 unspecified atom stereocenters. The molecule has 5 nitrogen and oxygen atoms in total. The second-order valence-electron chi connectivity index (χ2n) is 7.24. The monoisotopic (exact) mass is 414 g/mol. The van der Waals surface area contributed by atoms with Crippen molar-refractivity contribution in [2.75, 3.05) is 33.0 Å². The lowest BCUT2D eigenvalue weighted by molar-refractivity contribution is -0.125. The van der Waals surface area contributed by atoms with E-state index in [1.807, 2.05) is 24.3 Å². The smallest absolute Gasteiger partial charge is 0.252 e. The largest absolute Gasteiger partial charge is 0.493 e. The second-order valence-corrected chi connectivity index (χ2v) is 8.25. The number of carbonyl (C=O) groups is 2. The lowest BCUT2D eigenvalue weighted by Gasteiger charge is -2.13. The van der Waals surface area contributed by atoms with Crippen LogP contribution >= 0.6 is 11.8 Å². The Morgan fingerprint density at radius 3 is 2.55 bits per heavy atom. The van der Waals surface area contributed by atoms with Crippen LogP contribution in [0, 0.1) is 20.8 Å². The van der Waals surface area contributed by atoms with Gasteiger partial charge in [-0.05, 0) is 62.1 Å². The maximum atomic E-state index is 12.6. The van der Waals surface area contributed by atoms with Crippen LogP contribution in [0.25, 0.3) is 0 Å². The molecular weight excluding hydrogens is 384 g/mol. The molecule has 0 aliphatic rings. The van der Waals surface area contributed by atoms with Gasteiger partial charge in [0, 0.05) is 25.5 Å². The molecule has 2 aromatic rings. The Bertz CT molecular complexity index is 865. The molecule has 0 saturated carbocycles. The summed E-state index contributed by atoms with van der Waals surface area (Å²) in [6, 6.07) is 11.5. The molecule has 0 spiro atoms. The van der Waals surface area contributed by atoms with Crippen molar-refractivity contribution in [2.45, 2.75) is 32.1 Å². The van der Waals surface area contributed by atoms with Crippen LogP contribution in [0.5, 0.6) is 5.75 Å². The number of benzene rings is 2. The van der Waals surface area contributed by atoms with E-state index in [1.54, 1.807) is 25.1 Å². The van der Waals surface area contributed by atoms with Crippen molar-refractivity contribution < 1.29 is 14.3 Å². The van der Waals surface area contributed by atoms with Gasteiger partial charge in [0.15, 0.2) is 0 Å². The molecule has 2 amide bonds. The Kier molecular flexibility index (Phi) is 8.58. The third kappa shape index (κ3) is 6.82. The molecule has 0 aliphatic heterocycles. The molecule has 156 valence electrons. The van der Waals surface area contributed by atoms with Crippen LogP contribution in [0.4, 0.5) is 0 Å². The van der Waals surface area contributed by atoms with E-state index in [2.05, 4.69) is 32.2 Å². The zero-order chi connectivity index (χ0) is 21.4. The highest BCUT2D eigenvalue weighted by atomic mass is 32.2. The van der Waals surface area contributed by atoms with E-state index in [0.717, 1.165) is 16.2 Å². The van der Waals surface area contributed by atoms with Gasteiger partial charge in [0.05, 0.1) is 17.9 Å². The Hall–Kier alpha value is -2.47. The Morgan fingerprint density at radius 1 is 1.10 bits per heavy atom. The molecule has 29 heavy (non-hydrogen) atoms. The van der Waals surface area contributed by atoms with Gasteiger partial charge >= 0.3 is 0 Å². The van der Waals surface area contributed by atoms with Crippen LogP contribution in [-0.2, 0) is 4.79 Å². The number of amides is 2. The molecule has 6 heteroatoms. The molecular formula is C23H30N2O3S. The van der Waals surface area contributed by atoms with Crippen LogP contribution in [0.15, 0.2) is 41.3 Å². The summed E-state index contributed by atoms with van der Waals surface area (Å²) in [6.45, 7) is 7.26. The third-order valence-corrected chi connectivity index (χ3v) is 5.67. The number of carbonyl (C=O) groups excluding carboxylic acids is 2. The minimum atomic E-state index is -0.131. The highest BCUT2D eigenvalue weighted by Gasteiger charge is 2.13. The summed E-state index contributed by atoms with van der Waals surface area (Å²) >= 11 is 1.38. The molecule has 0 atom stereocenters. The Balaban J connectivity index is 1.83. The first-order valence-corrected chi connectivity index (χ1v) is 10.7. The summed E-state index contributed by atoms with van der Waals surface area (Å²) < 4.78 is 5.90. The Labute approximate surface area is 177 Å². The van der Waals surface area contributed by atoms with Gasteiger partial charge in [-0.3, -0.25) is 9.59 Å². The van der Waals surface area contributed by atoms with E-state index in [9.17, 15) is 9.59 Å². The van der Waals surface area contributed by atoms with Gasteiger partial charge in [0.1, 0.15) is 5.75 Å². The van der Waals surface area contributed by atoms with E-state index >= 15 is 0 Å². The number of ether oxygens (including phenoxy) is 1. The zero-order valence-electron chi connectivity index (χ0n) is 17.9. The number of hydrogen-bond acceptors (Lipinski definition) is 4. The zero-order valence-corrected chi connectivity index (χ0v) is 18.7. The highest BCUT2D eigenvalue weighted by molar-refractivity contribution is 8.00. The van der Waals surface area contributed by atoms with Gasteiger partial charge in [-0.25, -0.2) is 0 Å². The molecule has 0 heterocycles. The van der Waals surface area contributed by atoms with E-state index in [1.165, 1.54) is 22.9 Å². The quantitative estimate of drug-likeness (QED) is 0.498. The number of rotatable bonds is 9. The summed E-state index contributed by atoms with van der Waals surface area (Å²) in [5, 5.41) is 2.95.